The Morgan fingerprint density at radius 3 is 1.61 bits per heavy atom. The van der Waals surface area contributed by atoms with Crippen molar-refractivity contribution in [3.63, 3.8) is 0 Å². The fraction of sp³-hybridized carbons (Fsp3) is 0.786. The molecule has 0 fully saturated rings. The second-order valence-electron chi connectivity index (χ2n) is 15.0. The fourth-order valence-electron chi connectivity index (χ4n) is 5.42. The number of rotatable bonds is 36. The normalized spacial score (nSPS) is 15.0. The number of quaternary nitrogens is 1. The molecule has 3 unspecified atom stereocenters. The number of carbonyl (C=O) groups is 1. The second-order valence-corrected chi connectivity index (χ2v) is 16.4. The van der Waals surface area contributed by atoms with Gasteiger partial charge in [-0.25, -0.2) is 4.57 Å². The number of hydrogen-bond acceptors (Lipinski definition) is 5. The molecule has 0 saturated carbocycles. The van der Waals surface area contributed by atoms with Gasteiger partial charge in [-0.15, -0.1) is 0 Å². The van der Waals surface area contributed by atoms with Crippen LogP contribution in [-0.4, -0.2) is 73.4 Å². The van der Waals surface area contributed by atoms with Gasteiger partial charge in [0.05, 0.1) is 39.9 Å². The van der Waals surface area contributed by atoms with Gasteiger partial charge in [-0.2, -0.15) is 0 Å². The van der Waals surface area contributed by atoms with Crippen molar-refractivity contribution in [1.82, 2.24) is 5.32 Å². The van der Waals surface area contributed by atoms with Gasteiger partial charge < -0.3 is 19.8 Å². The third-order valence-electron chi connectivity index (χ3n) is 8.75. The lowest BCUT2D eigenvalue weighted by Crippen LogP contribution is -2.45. The Balaban J connectivity index is 4.56. The standard InChI is InChI=1S/C42H79N2O6P/c1-6-8-10-12-14-16-18-20-21-22-24-26-28-30-32-34-36-42(46)43-40(39-50-51(47,48)49-38-37-44(3,4)5)41(45)35-33-31-29-27-25-23-19-17-15-13-11-9-7-2/h15,17,21-22,25,27,33,35,40-41,45H,6-14,16,18-20,23-24,26,28-32,34,36-39H2,1-5H3,(H-,43,46,47,48)/p+1/b17-15+,22-21-,27-25+,35-33+. The molecule has 8 nitrogen and oxygen atoms in total. The molecule has 0 aliphatic heterocycles. The van der Waals surface area contributed by atoms with Crippen LogP contribution in [0.3, 0.4) is 0 Å². The van der Waals surface area contributed by atoms with Crippen LogP contribution in [0.5, 0.6) is 0 Å². The molecule has 0 spiro atoms. The Bertz CT molecular complexity index is 975. The summed E-state index contributed by atoms with van der Waals surface area (Å²) in [5.74, 6) is -0.203. The first-order chi connectivity index (χ1) is 24.5. The van der Waals surface area contributed by atoms with E-state index in [2.05, 4.69) is 55.6 Å². The summed E-state index contributed by atoms with van der Waals surface area (Å²) in [5.41, 5.74) is 0. The number of likely N-dealkylation sites (N-methyl/N-ethyl adjacent to an activating group) is 1. The average Bonchev–Trinajstić information content (AvgIpc) is 3.07. The second kappa shape index (κ2) is 34.2. The van der Waals surface area contributed by atoms with E-state index in [-0.39, 0.29) is 19.1 Å². The van der Waals surface area contributed by atoms with Gasteiger partial charge in [0.1, 0.15) is 13.2 Å². The molecule has 3 atom stereocenters. The molecule has 298 valence electrons. The van der Waals surface area contributed by atoms with E-state index in [1.165, 1.54) is 77.0 Å². The van der Waals surface area contributed by atoms with Crippen molar-refractivity contribution >= 4 is 13.7 Å². The van der Waals surface area contributed by atoms with Crippen LogP contribution < -0.4 is 5.32 Å². The highest BCUT2D eigenvalue weighted by molar-refractivity contribution is 7.47. The molecule has 0 aliphatic carbocycles. The largest absolute Gasteiger partial charge is 0.472 e. The molecule has 0 heterocycles. The molecule has 9 heteroatoms. The number of nitrogens with zero attached hydrogens (tertiary/aromatic N) is 1. The van der Waals surface area contributed by atoms with E-state index in [0.29, 0.717) is 17.4 Å². The number of allylic oxidation sites excluding steroid dienone is 7. The van der Waals surface area contributed by atoms with Crippen LogP contribution in [0.25, 0.3) is 0 Å². The van der Waals surface area contributed by atoms with E-state index in [9.17, 15) is 19.4 Å². The number of phosphoric ester groups is 1. The lowest BCUT2D eigenvalue weighted by atomic mass is 10.1. The van der Waals surface area contributed by atoms with Gasteiger partial charge >= 0.3 is 7.82 Å². The highest BCUT2D eigenvalue weighted by Gasteiger charge is 2.27. The van der Waals surface area contributed by atoms with Crippen molar-refractivity contribution in [1.29, 1.82) is 0 Å². The number of aliphatic hydroxyl groups excluding tert-OH is 1. The Morgan fingerprint density at radius 2 is 1.08 bits per heavy atom. The summed E-state index contributed by atoms with van der Waals surface area (Å²) in [6.07, 6.45) is 41.8. The number of aliphatic hydroxyl groups is 1. The number of carbonyl (C=O) groups excluding carboxylic acids is 1. The zero-order valence-corrected chi connectivity index (χ0v) is 34.5. The van der Waals surface area contributed by atoms with E-state index >= 15 is 0 Å². The Kier molecular flexibility index (Phi) is 33.2. The summed E-state index contributed by atoms with van der Waals surface area (Å²) in [6.45, 7) is 4.72. The van der Waals surface area contributed by atoms with Crippen LogP contribution in [0.4, 0.5) is 0 Å². The van der Waals surface area contributed by atoms with Gasteiger partial charge in [0.25, 0.3) is 0 Å². The topological polar surface area (TPSA) is 105 Å². The van der Waals surface area contributed by atoms with Crippen LogP contribution in [0, 0.1) is 0 Å². The van der Waals surface area contributed by atoms with Crippen molar-refractivity contribution in [3.8, 4) is 0 Å². The van der Waals surface area contributed by atoms with Crippen molar-refractivity contribution in [2.75, 3.05) is 40.9 Å². The molecule has 0 rings (SSSR count). The molecule has 0 aromatic heterocycles. The molecule has 0 saturated heterocycles. The van der Waals surface area contributed by atoms with Gasteiger partial charge in [-0.1, -0.05) is 133 Å². The highest BCUT2D eigenvalue weighted by Crippen LogP contribution is 2.43. The molecule has 51 heavy (non-hydrogen) atoms. The van der Waals surface area contributed by atoms with Gasteiger partial charge in [-0.3, -0.25) is 13.8 Å². The lowest BCUT2D eigenvalue weighted by molar-refractivity contribution is -0.870. The minimum Gasteiger partial charge on any atom is -0.387 e. The Labute approximate surface area is 314 Å². The minimum atomic E-state index is -4.35. The van der Waals surface area contributed by atoms with Crippen molar-refractivity contribution < 1.29 is 32.9 Å². The van der Waals surface area contributed by atoms with Crippen molar-refractivity contribution in [2.45, 2.75) is 174 Å². The van der Waals surface area contributed by atoms with E-state index in [0.717, 1.165) is 64.2 Å². The van der Waals surface area contributed by atoms with Gasteiger partial charge in [-0.05, 0) is 70.6 Å². The SMILES string of the molecule is CCCCC/C=C/CC/C=C/CC/C=C/C(O)C(COP(=O)(O)OCC[N+](C)(C)C)NC(=O)CCCCCCC/C=C\CCCCCCCCC. The van der Waals surface area contributed by atoms with Gasteiger partial charge in [0, 0.05) is 6.42 Å². The van der Waals surface area contributed by atoms with E-state index < -0.39 is 20.0 Å². The number of hydrogen-bond donors (Lipinski definition) is 3. The Morgan fingerprint density at radius 1 is 0.647 bits per heavy atom. The summed E-state index contributed by atoms with van der Waals surface area (Å²) >= 11 is 0. The minimum absolute atomic E-state index is 0.0507. The zero-order chi connectivity index (χ0) is 37.9. The summed E-state index contributed by atoms with van der Waals surface area (Å²) < 4.78 is 23.4. The first-order valence-corrected chi connectivity index (χ1v) is 22.0. The highest BCUT2D eigenvalue weighted by atomic mass is 31.2. The number of unbranched alkanes of at least 4 members (excludes halogenated alkanes) is 17. The van der Waals surface area contributed by atoms with Crippen LogP contribution in [0.2, 0.25) is 0 Å². The lowest BCUT2D eigenvalue weighted by Gasteiger charge is -2.25. The van der Waals surface area contributed by atoms with E-state index in [4.69, 9.17) is 9.05 Å². The molecule has 0 aromatic rings. The summed E-state index contributed by atoms with van der Waals surface area (Å²) in [5, 5.41) is 13.7. The van der Waals surface area contributed by atoms with Gasteiger partial charge in [0.2, 0.25) is 5.91 Å². The molecule has 0 bridgehead atoms. The van der Waals surface area contributed by atoms with Crippen LogP contribution >= 0.6 is 7.82 Å². The van der Waals surface area contributed by atoms with Crippen LogP contribution in [0.15, 0.2) is 48.6 Å². The number of phosphoric acid groups is 1. The predicted octanol–water partition coefficient (Wildman–Crippen LogP) is 10.9. The smallest absolute Gasteiger partial charge is 0.387 e. The first kappa shape index (κ1) is 49.5. The maximum absolute atomic E-state index is 12.8. The zero-order valence-electron chi connectivity index (χ0n) is 33.6. The molecule has 3 N–H and O–H groups in total. The van der Waals surface area contributed by atoms with Crippen LogP contribution in [-0.2, 0) is 18.4 Å². The van der Waals surface area contributed by atoms with E-state index in [1.54, 1.807) is 6.08 Å². The maximum Gasteiger partial charge on any atom is 0.472 e. The first-order valence-electron chi connectivity index (χ1n) is 20.5. The maximum atomic E-state index is 12.8. The summed E-state index contributed by atoms with van der Waals surface area (Å²) in [7, 11) is 1.53. The summed E-state index contributed by atoms with van der Waals surface area (Å²) in [4.78, 5) is 23.0. The molecular weight excluding hydrogens is 659 g/mol. The van der Waals surface area contributed by atoms with Crippen molar-refractivity contribution in [3.05, 3.63) is 48.6 Å². The fourth-order valence-corrected chi connectivity index (χ4v) is 6.15. The van der Waals surface area contributed by atoms with E-state index in [1.807, 2.05) is 27.2 Å². The molecule has 0 aliphatic rings. The average molecular weight is 740 g/mol. The summed E-state index contributed by atoms with van der Waals surface area (Å²) in [6, 6.07) is -0.872. The van der Waals surface area contributed by atoms with Crippen molar-refractivity contribution in [2.24, 2.45) is 0 Å². The van der Waals surface area contributed by atoms with Crippen LogP contribution in [0.1, 0.15) is 162 Å². The number of amides is 1. The molecular formula is C42H80N2O6P+. The monoisotopic (exact) mass is 740 g/mol. The van der Waals surface area contributed by atoms with Gasteiger partial charge in [0.15, 0.2) is 0 Å². The third kappa shape index (κ3) is 36.6. The quantitative estimate of drug-likeness (QED) is 0.0256. The molecule has 0 aromatic carbocycles. The third-order valence-corrected chi connectivity index (χ3v) is 9.73. The number of nitrogens with one attached hydrogen (secondary N) is 1. The Hall–Kier alpha value is -1.54. The molecule has 1 amide bonds. The predicted molar refractivity (Wildman–Crippen MR) is 217 cm³/mol. The molecule has 0 radical (unpaired) electrons.